The largest absolute Gasteiger partial charge is 0.360 e. The molecule has 0 unspecified atom stereocenters. The predicted molar refractivity (Wildman–Crippen MR) is 94.7 cm³/mol. The highest BCUT2D eigenvalue weighted by molar-refractivity contribution is 6.30. The number of amides is 1. The van der Waals surface area contributed by atoms with Crippen LogP contribution in [-0.4, -0.2) is 39.1 Å². The lowest BCUT2D eigenvalue weighted by molar-refractivity contribution is -0.880. The second-order valence-corrected chi connectivity index (χ2v) is 6.39. The van der Waals surface area contributed by atoms with Gasteiger partial charge in [0.25, 0.3) is 5.91 Å². The van der Waals surface area contributed by atoms with Crippen molar-refractivity contribution in [1.82, 2.24) is 0 Å². The van der Waals surface area contributed by atoms with Crippen LogP contribution >= 0.6 is 11.6 Å². The Morgan fingerprint density at radius 1 is 1.04 bits per heavy atom. The van der Waals surface area contributed by atoms with Crippen LogP contribution in [0.2, 0.25) is 5.02 Å². The van der Waals surface area contributed by atoms with Gasteiger partial charge in [-0.15, -0.1) is 0 Å². The Bertz CT molecular complexity index is 662. The third-order valence-corrected chi connectivity index (χ3v) is 4.47. The van der Waals surface area contributed by atoms with Crippen LogP contribution in [0.5, 0.6) is 0 Å². The Balaban J connectivity index is 1.63. The Morgan fingerprint density at radius 2 is 1.65 bits per heavy atom. The van der Waals surface area contributed by atoms with Crippen LogP contribution in [0.15, 0.2) is 48.5 Å². The number of quaternary nitrogens is 1. The zero-order valence-corrected chi connectivity index (χ0v) is 13.9. The summed E-state index contributed by atoms with van der Waals surface area (Å²) in [5, 5.41) is 3.54. The molecule has 0 aliphatic carbocycles. The van der Waals surface area contributed by atoms with Crippen LogP contribution < -0.4 is 15.1 Å². The highest BCUT2D eigenvalue weighted by Crippen LogP contribution is 2.19. The molecule has 1 amide bonds. The van der Waals surface area contributed by atoms with Crippen LogP contribution in [0.3, 0.4) is 0 Å². The van der Waals surface area contributed by atoms with E-state index >= 15 is 0 Å². The summed E-state index contributed by atoms with van der Waals surface area (Å²) in [7, 11) is 2.23. The molecule has 0 saturated carbocycles. The van der Waals surface area contributed by atoms with Crippen LogP contribution in [0, 0.1) is 0 Å². The van der Waals surface area contributed by atoms with Crippen molar-refractivity contribution < 1.29 is 9.69 Å². The van der Waals surface area contributed by atoms with Crippen molar-refractivity contribution in [1.29, 1.82) is 0 Å². The summed E-state index contributed by atoms with van der Waals surface area (Å²) < 4.78 is 0. The van der Waals surface area contributed by atoms with Crippen molar-refractivity contribution in [2.24, 2.45) is 0 Å². The minimum Gasteiger partial charge on any atom is -0.360 e. The number of carbonyl (C=O) groups excluding carboxylic acids is 1. The fraction of sp³-hybridized carbons (Fsp3) is 0.278. The summed E-state index contributed by atoms with van der Waals surface area (Å²) in [4.78, 5) is 16.1. The molecule has 1 saturated heterocycles. The van der Waals surface area contributed by atoms with E-state index in [0.717, 1.165) is 31.9 Å². The zero-order valence-electron chi connectivity index (χ0n) is 13.2. The van der Waals surface area contributed by atoms with Crippen LogP contribution in [0.4, 0.5) is 11.4 Å². The molecule has 5 heteroatoms. The molecule has 2 N–H and O–H groups in total. The molecule has 1 aliphatic heterocycles. The van der Waals surface area contributed by atoms with Gasteiger partial charge in [-0.05, 0) is 48.5 Å². The first-order valence-electron chi connectivity index (χ1n) is 7.85. The number of benzene rings is 2. The third kappa shape index (κ3) is 4.03. The predicted octanol–water partition coefficient (Wildman–Crippen LogP) is 1.93. The van der Waals surface area contributed by atoms with Gasteiger partial charge in [0, 0.05) is 22.0 Å². The van der Waals surface area contributed by atoms with E-state index in [1.54, 1.807) is 29.2 Å². The number of rotatable bonds is 3. The van der Waals surface area contributed by atoms with Crippen molar-refractivity contribution in [3.63, 3.8) is 0 Å². The number of carbonyl (C=O) groups is 1. The molecule has 23 heavy (non-hydrogen) atoms. The van der Waals surface area contributed by atoms with Gasteiger partial charge in [0.1, 0.15) is 0 Å². The topological polar surface area (TPSA) is 36.8 Å². The average molecular weight is 331 g/mol. The van der Waals surface area contributed by atoms with Crippen LogP contribution in [0.1, 0.15) is 10.4 Å². The summed E-state index contributed by atoms with van der Waals surface area (Å²) in [5.74, 6) is -0.127. The molecule has 0 radical (unpaired) electrons. The van der Waals surface area contributed by atoms with Gasteiger partial charge in [0.15, 0.2) is 0 Å². The van der Waals surface area contributed by atoms with Gasteiger partial charge in [0.05, 0.1) is 33.2 Å². The lowest BCUT2D eigenvalue weighted by Gasteiger charge is -2.31. The van der Waals surface area contributed by atoms with Crippen molar-refractivity contribution in [2.75, 3.05) is 43.4 Å². The van der Waals surface area contributed by atoms with Gasteiger partial charge < -0.3 is 15.1 Å². The second-order valence-electron chi connectivity index (χ2n) is 5.95. The molecule has 120 valence electrons. The highest BCUT2D eigenvalue weighted by Gasteiger charge is 2.16. The van der Waals surface area contributed by atoms with Gasteiger partial charge in [-0.25, -0.2) is 0 Å². The van der Waals surface area contributed by atoms with E-state index in [1.807, 2.05) is 12.1 Å². The first-order chi connectivity index (χ1) is 11.1. The summed E-state index contributed by atoms with van der Waals surface area (Å²) in [5.41, 5.74) is 2.61. The molecule has 2 aromatic rings. The molecule has 0 spiro atoms. The SMILES string of the molecule is C[NH+]1CCN(c2ccc(NC(=O)c3ccc(Cl)cc3)cc2)CC1. The molecule has 4 nitrogen and oxygen atoms in total. The normalized spacial score (nSPS) is 15.5. The quantitative estimate of drug-likeness (QED) is 0.902. The Labute approximate surface area is 141 Å². The van der Waals surface area contributed by atoms with E-state index in [9.17, 15) is 4.79 Å². The average Bonchev–Trinajstić information content (AvgIpc) is 2.57. The maximum Gasteiger partial charge on any atom is 0.255 e. The monoisotopic (exact) mass is 330 g/mol. The van der Waals surface area contributed by atoms with E-state index in [0.29, 0.717) is 10.6 Å². The van der Waals surface area contributed by atoms with E-state index in [4.69, 9.17) is 11.6 Å². The number of anilines is 2. The van der Waals surface area contributed by atoms with E-state index < -0.39 is 0 Å². The number of nitrogens with one attached hydrogen (secondary N) is 2. The minimum absolute atomic E-state index is 0.127. The zero-order chi connectivity index (χ0) is 16.2. The Morgan fingerprint density at radius 3 is 2.26 bits per heavy atom. The first kappa shape index (κ1) is 15.8. The lowest BCUT2D eigenvalue weighted by Crippen LogP contribution is -3.12. The molecule has 1 aliphatic rings. The summed E-state index contributed by atoms with van der Waals surface area (Å²) in [6, 6.07) is 14.9. The van der Waals surface area contributed by atoms with Gasteiger partial charge in [-0.2, -0.15) is 0 Å². The standard InChI is InChI=1S/C18H20ClN3O/c1-21-10-12-22(13-11-21)17-8-6-16(7-9-17)20-18(23)14-2-4-15(19)5-3-14/h2-9H,10-13H2,1H3,(H,20,23)/p+1. The number of likely N-dealkylation sites (N-methyl/N-ethyl adjacent to an activating group) is 1. The van der Waals surface area contributed by atoms with Gasteiger partial charge in [-0.3, -0.25) is 4.79 Å². The van der Waals surface area contributed by atoms with Gasteiger partial charge in [0.2, 0.25) is 0 Å². The molecule has 1 heterocycles. The number of hydrogen-bond donors (Lipinski definition) is 2. The lowest BCUT2D eigenvalue weighted by atomic mass is 10.2. The molecule has 3 rings (SSSR count). The number of hydrogen-bond acceptors (Lipinski definition) is 2. The molecule has 0 bridgehead atoms. The molecule has 0 aromatic heterocycles. The molecule has 1 fully saturated rings. The number of halogens is 1. The van der Waals surface area contributed by atoms with Crippen LogP contribution in [0.25, 0.3) is 0 Å². The Hall–Kier alpha value is -2.04. The van der Waals surface area contributed by atoms with Crippen LogP contribution in [-0.2, 0) is 0 Å². The van der Waals surface area contributed by atoms with E-state index in [-0.39, 0.29) is 5.91 Å². The van der Waals surface area contributed by atoms with E-state index in [1.165, 1.54) is 5.69 Å². The Kier molecular flexibility index (Phi) is 4.84. The molecular weight excluding hydrogens is 310 g/mol. The highest BCUT2D eigenvalue weighted by atomic mass is 35.5. The number of piperazine rings is 1. The smallest absolute Gasteiger partial charge is 0.255 e. The summed E-state index contributed by atoms with van der Waals surface area (Å²) >= 11 is 5.84. The molecular formula is C18H21ClN3O+. The summed E-state index contributed by atoms with van der Waals surface area (Å²) in [6.07, 6.45) is 0. The number of nitrogens with zero attached hydrogens (tertiary/aromatic N) is 1. The molecule has 0 atom stereocenters. The second kappa shape index (κ2) is 7.02. The maximum absolute atomic E-state index is 12.2. The van der Waals surface area contributed by atoms with E-state index in [2.05, 4.69) is 29.4 Å². The first-order valence-corrected chi connectivity index (χ1v) is 8.23. The fourth-order valence-electron chi connectivity index (χ4n) is 2.71. The maximum atomic E-state index is 12.2. The molecule has 2 aromatic carbocycles. The van der Waals surface area contributed by atoms with Crippen molar-refractivity contribution in [3.8, 4) is 0 Å². The van der Waals surface area contributed by atoms with Gasteiger partial charge >= 0.3 is 0 Å². The fourth-order valence-corrected chi connectivity index (χ4v) is 2.83. The third-order valence-electron chi connectivity index (χ3n) is 4.21. The van der Waals surface area contributed by atoms with Crippen molar-refractivity contribution in [3.05, 3.63) is 59.1 Å². The minimum atomic E-state index is -0.127. The van der Waals surface area contributed by atoms with Crippen molar-refractivity contribution >= 4 is 28.9 Å². The summed E-state index contributed by atoms with van der Waals surface area (Å²) in [6.45, 7) is 4.47. The van der Waals surface area contributed by atoms with Gasteiger partial charge in [-0.1, -0.05) is 11.6 Å². The van der Waals surface area contributed by atoms with Crippen molar-refractivity contribution in [2.45, 2.75) is 0 Å².